The summed E-state index contributed by atoms with van der Waals surface area (Å²) in [7, 11) is 0. The van der Waals surface area contributed by atoms with Gasteiger partial charge in [0.25, 0.3) is 0 Å². The first-order valence-electron chi connectivity index (χ1n) is 9.32. The molecule has 152 valence electrons. The van der Waals surface area contributed by atoms with E-state index >= 15 is 0 Å². The summed E-state index contributed by atoms with van der Waals surface area (Å²) in [6.45, 7) is 6.20. The van der Waals surface area contributed by atoms with Crippen LogP contribution in [0.2, 0.25) is 0 Å². The number of benzene rings is 2. The van der Waals surface area contributed by atoms with Crippen molar-refractivity contribution in [3.63, 3.8) is 0 Å². The summed E-state index contributed by atoms with van der Waals surface area (Å²) in [5, 5.41) is 33.2. The quantitative estimate of drug-likeness (QED) is 0.584. The molecule has 2 rings (SSSR count). The smallest absolute Gasteiger partial charge is 0.407 e. The Morgan fingerprint density at radius 2 is 1.79 bits per heavy atom. The summed E-state index contributed by atoms with van der Waals surface area (Å²) >= 11 is 0. The Morgan fingerprint density at radius 1 is 1.11 bits per heavy atom. The maximum atomic E-state index is 11.7. The summed E-state index contributed by atoms with van der Waals surface area (Å²) < 4.78 is 5.10. The van der Waals surface area contributed by atoms with Crippen molar-refractivity contribution in [1.82, 2.24) is 5.32 Å². The average Bonchev–Trinajstić information content (AvgIpc) is 2.66. The maximum absolute atomic E-state index is 11.7. The largest absolute Gasteiger partial charge is 0.508 e. The fraction of sp³-hybridized carbons (Fsp3) is 0.409. The zero-order chi connectivity index (χ0) is 20.7. The Hall–Kier alpha value is -2.57. The van der Waals surface area contributed by atoms with Gasteiger partial charge >= 0.3 is 6.09 Å². The van der Waals surface area contributed by atoms with Gasteiger partial charge in [0.05, 0.1) is 6.10 Å². The molecule has 0 aliphatic rings. The highest BCUT2D eigenvalue weighted by atomic mass is 16.5. The van der Waals surface area contributed by atoms with Gasteiger partial charge in [-0.15, -0.1) is 0 Å². The first-order valence-corrected chi connectivity index (χ1v) is 9.32. The first-order chi connectivity index (χ1) is 13.2. The Labute approximate surface area is 165 Å². The van der Waals surface area contributed by atoms with Crippen molar-refractivity contribution in [3.05, 3.63) is 65.2 Å². The zero-order valence-electron chi connectivity index (χ0n) is 16.6. The van der Waals surface area contributed by atoms with E-state index in [1.54, 1.807) is 12.1 Å². The number of phenols is 1. The molecule has 0 aromatic heterocycles. The van der Waals surface area contributed by atoms with Gasteiger partial charge in [-0.3, -0.25) is 0 Å². The SMILES string of the molecule is CC(C)(C)c1cc(C(O)C(O)CCNC(=O)OCc2ccccc2)ccc1O. The third-order valence-electron chi connectivity index (χ3n) is 4.46. The standard InChI is InChI=1S/C22H29NO5/c1-22(2,3)17-13-16(9-10-18(17)24)20(26)19(25)11-12-23-21(27)28-14-15-7-5-4-6-8-15/h4-10,13,19-20,24-26H,11-12,14H2,1-3H3,(H,23,27). The van der Waals surface area contributed by atoms with Gasteiger partial charge in [0.1, 0.15) is 18.5 Å². The van der Waals surface area contributed by atoms with Gasteiger partial charge < -0.3 is 25.4 Å². The van der Waals surface area contributed by atoms with Gasteiger partial charge in [0, 0.05) is 6.54 Å². The van der Waals surface area contributed by atoms with Crippen LogP contribution in [0.25, 0.3) is 0 Å². The van der Waals surface area contributed by atoms with Crippen molar-refractivity contribution < 1.29 is 24.9 Å². The lowest BCUT2D eigenvalue weighted by Gasteiger charge is -2.24. The number of hydrogen-bond acceptors (Lipinski definition) is 5. The molecule has 6 nitrogen and oxygen atoms in total. The van der Waals surface area contributed by atoms with Crippen molar-refractivity contribution in [3.8, 4) is 5.75 Å². The molecule has 0 radical (unpaired) electrons. The number of aliphatic hydroxyl groups is 2. The predicted molar refractivity (Wildman–Crippen MR) is 107 cm³/mol. The van der Waals surface area contributed by atoms with Crippen molar-refractivity contribution in [2.75, 3.05) is 6.54 Å². The molecule has 6 heteroatoms. The Kier molecular flexibility index (Phi) is 7.43. The van der Waals surface area contributed by atoms with Gasteiger partial charge in [-0.25, -0.2) is 4.79 Å². The van der Waals surface area contributed by atoms with Crippen LogP contribution in [0, 0.1) is 0 Å². The van der Waals surface area contributed by atoms with Crippen molar-refractivity contribution in [1.29, 1.82) is 0 Å². The van der Waals surface area contributed by atoms with Crippen molar-refractivity contribution in [2.24, 2.45) is 0 Å². The molecule has 0 spiro atoms. The molecule has 2 aromatic carbocycles. The minimum absolute atomic E-state index is 0.153. The van der Waals surface area contributed by atoms with Crippen LogP contribution in [0.5, 0.6) is 5.75 Å². The summed E-state index contributed by atoms with van der Waals surface area (Å²) in [6, 6.07) is 14.1. The van der Waals surface area contributed by atoms with Gasteiger partial charge in [0.15, 0.2) is 0 Å². The molecule has 0 saturated heterocycles. The molecule has 2 unspecified atom stereocenters. The molecular weight excluding hydrogens is 358 g/mol. The van der Waals surface area contributed by atoms with E-state index in [1.807, 2.05) is 51.1 Å². The molecule has 0 bridgehead atoms. The third kappa shape index (κ3) is 6.25. The summed E-state index contributed by atoms with van der Waals surface area (Å²) in [5.74, 6) is 0.153. The second-order valence-electron chi connectivity index (χ2n) is 7.82. The van der Waals surface area contributed by atoms with Gasteiger partial charge in [-0.1, -0.05) is 57.2 Å². The summed E-state index contributed by atoms with van der Waals surface area (Å²) in [4.78, 5) is 11.7. The van der Waals surface area contributed by atoms with E-state index in [9.17, 15) is 20.1 Å². The van der Waals surface area contributed by atoms with Crippen LogP contribution in [-0.4, -0.2) is 34.1 Å². The molecule has 2 aromatic rings. The Morgan fingerprint density at radius 3 is 2.43 bits per heavy atom. The number of nitrogens with one attached hydrogen (secondary N) is 1. The molecule has 0 fully saturated rings. The second kappa shape index (κ2) is 9.57. The number of rotatable bonds is 7. The highest BCUT2D eigenvalue weighted by molar-refractivity contribution is 5.67. The molecule has 0 aliphatic heterocycles. The number of amides is 1. The van der Waals surface area contributed by atoms with E-state index in [0.29, 0.717) is 11.1 Å². The molecule has 0 heterocycles. The van der Waals surface area contributed by atoms with E-state index < -0.39 is 18.3 Å². The highest BCUT2D eigenvalue weighted by Gasteiger charge is 2.23. The highest BCUT2D eigenvalue weighted by Crippen LogP contribution is 2.33. The molecule has 0 saturated carbocycles. The fourth-order valence-electron chi connectivity index (χ4n) is 2.81. The number of alkyl carbamates (subject to hydrolysis) is 1. The minimum Gasteiger partial charge on any atom is -0.508 e. The van der Waals surface area contributed by atoms with E-state index in [-0.39, 0.29) is 30.7 Å². The van der Waals surface area contributed by atoms with Crippen molar-refractivity contribution >= 4 is 6.09 Å². The number of hydrogen-bond donors (Lipinski definition) is 4. The molecule has 4 N–H and O–H groups in total. The van der Waals surface area contributed by atoms with E-state index in [0.717, 1.165) is 5.56 Å². The van der Waals surface area contributed by atoms with Crippen LogP contribution in [0.15, 0.2) is 48.5 Å². The van der Waals surface area contributed by atoms with Crippen LogP contribution in [0.3, 0.4) is 0 Å². The van der Waals surface area contributed by atoms with Crippen molar-refractivity contribution in [2.45, 2.75) is 51.4 Å². The summed E-state index contributed by atoms with van der Waals surface area (Å²) in [5.41, 5.74) is 1.80. The summed E-state index contributed by atoms with van der Waals surface area (Å²) in [6.07, 6.45) is -2.60. The van der Waals surface area contributed by atoms with Gasteiger partial charge in [-0.05, 0) is 40.7 Å². The van der Waals surface area contributed by atoms with Crippen LogP contribution in [-0.2, 0) is 16.8 Å². The topological polar surface area (TPSA) is 99.0 Å². The monoisotopic (exact) mass is 387 g/mol. The van der Waals surface area contributed by atoms with Crippen LogP contribution < -0.4 is 5.32 Å². The van der Waals surface area contributed by atoms with E-state index in [4.69, 9.17) is 4.74 Å². The second-order valence-corrected chi connectivity index (χ2v) is 7.82. The normalized spacial score (nSPS) is 13.6. The number of ether oxygens (including phenoxy) is 1. The fourth-order valence-corrected chi connectivity index (χ4v) is 2.81. The Balaban J connectivity index is 1.82. The van der Waals surface area contributed by atoms with Gasteiger partial charge in [0.2, 0.25) is 0 Å². The molecular formula is C22H29NO5. The molecule has 28 heavy (non-hydrogen) atoms. The third-order valence-corrected chi connectivity index (χ3v) is 4.46. The first kappa shape index (κ1) is 21.7. The minimum atomic E-state index is -1.12. The zero-order valence-corrected chi connectivity index (χ0v) is 16.6. The lowest BCUT2D eigenvalue weighted by atomic mass is 9.84. The predicted octanol–water partition coefficient (Wildman–Crippen LogP) is 3.40. The lowest BCUT2D eigenvalue weighted by Crippen LogP contribution is -2.29. The van der Waals surface area contributed by atoms with Crippen LogP contribution in [0.4, 0.5) is 4.79 Å². The lowest BCUT2D eigenvalue weighted by molar-refractivity contribution is 0.0135. The Bertz CT molecular complexity index is 770. The molecule has 0 aliphatic carbocycles. The number of carbonyl (C=O) groups excluding carboxylic acids is 1. The van der Waals surface area contributed by atoms with Crippen LogP contribution in [0.1, 0.15) is 50.0 Å². The average molecular weight is 387 g/mol. The number of carbonyl (C=O) groups is 1. The van der Waals surface area contributed by atoms with Crippen LogP contribution >= 0.6 is 0 Å². The molecule has 1 amide bonds. The van der Waals surface area contributed by atoms with E-state index in [2.05, 4.69) is 5.32 Å². The maximum Gasteiger partial charge on any atom is 0.407 e. The number of aromatic hydroxyl groups is 1. The molecule has 2 atom stereocenters. The number of phenolic OH excluding ortho intramolecular Hbond substituents is 1. The van der Waals surface area contributed by atoms with Gasteiger partial charge in [-0.2, -0.15) is 0 Å². The number of aliphatic hydroxyl groups excluding tert-OH is 2. The van der Waals surface area contributed by atoms with E-state index in [1.165, 1.54) is 6.07 Å².